The third kappa shape index (κ3) is 2.51. The number of alkyl halides is 1. The fourth-order valence-corrected chi connectivity index (χ4v) is 8.74. The average Bonchev–Trinajstić information content (AvgIpc) is 2.85. The molecular weight excluding hydrogens is 415 g/mol. The molecule has 0 aromatic heterocycles. The first kappa shape index (κ1) is 18.1. The van der Waals surface area contributed by atoms with Gasteiger partial charge in [0, 0.05) is 9.34 Å². The van der Waals surface area contributed by atoms with Crippen molar-refractivity contribution in [2.75, 3.05) is 0 Å². The summed E-state index contributed by atoms with van der Waals surface area (Å²) in [6.07, 6.45) is 14.0. The van der Waals surface area contributed by atoms with Crippen LogP contribution in [-0.2, 0) is 0 Å². The Morgan fingerprint density at radius 2 is 2.08 bits per heavy atom. The van der Waals surface area contributed by atoms with E-state index in [-0.39, 0.29) is 0 Å². The molecule has 4 rings (SSSR count). The van der Waals surface area contributed by atoms with Crippen LogP contribution in [0.3, 0.4) is 0 Å². The second-order valence-corrected chi connectivity index (χ2v) is 11.1. The molecule has 0 radical (unpaired) electrons. The van der Waals surface area contributed by atoms with Crippen molar-refractivity contribution in [3.05, 3.63) is 47.6 Å². The van der Waals surface area contributed by atoms with Gasteiger partial charge < -0.3 is 0 Å². The zero-order valence-corrected chi connectivity index (χ0v) is 18.4. The third-order valence-corrected chi connectivity index (χ3v) is 9.56. The van der Waals surface area contributed by atoms with Crippen LogP contribution in [0.4, 0.5) is 0 Å². The van der Waals surface area contributed by atoms with E-state index >= 15 is 0 Å². The van der Waals surface area contributed by atoms with E-state index in [0.717, 1.165) is 22.2 Å². The van der Waals surface area contributed by atoms with Gasteiger partial charge in [0.05, 0.1) is 0 Å². The predicted octanol–water partition coefficient (Wildman–Crippen LogP) is 7.42. The first-order valence-electron chi connectivity index (χ1n) is 10.2. The van der Waals surface area contributed by atoms with Gasteiger partial charge in [0.2, 0.25) is 0 Å². The van der Waals surface area contributed by atoms with E-state index in [4.69, 9.17) is 0 Å². The fourth-order valence-electron chi connectivity index (χ4n) is 6.86. The Hall–Kier alpha value is -0.310. The molecule has 6 atom stereocenters. The molecule has 0 aromatic rings. The van der Waals surface area contributed by atoms with Crippen LogP contribution in [0.5, 0.6) is 0 Å². The van der Waals surface area contributed by atoms with Crippen LogP contribution >= 0.6 is 22.6 Å². The van der Waals surface area contributed by atoms with Crippen LogP contribution in [0.1, 0.15) is 65.7 Å². The molecule has 2 unspecified atom stereocenters. The van der Waals surface area contributed by atoms with Crippen molar-refractivity contribution in [2.24, 2.45) is 28.6 Å². The molecule has 2 saturated carbocycles. The predicted molar refractivity (Wildman–Crippen MR) is 117 cm³/mol. The van der Waals surface area contributed by atoms with Gasteiger partial charge in [-0.25, -0.2) is 0 Å². The highest BCUT2D eigenvalue weighted by Crippen LogP contribution is 2.66. The maximum absolute atomic E-state index is 4.49. The Morgan fingerprint density at radius 1 is 1.32 bits per heavy atom. The number of fused-ring (bicyclic) bond motifs is 5. The molecule has 0 heterocycles. The van der Waals surface area contributed by atoms with Crippen molar-refractivity contribution in [3.63, 3.8) is 0 Å². The summed E-state index contributed by atoms with van der Waals surface area (Å²) in [5.74, 6) is 2.36. The minimum atomic E-state index is 0.325. The molecule has 0 aliphatic heterocycles. The zero-order valence-electron chi connectivity index (χ0n) is 16.2. The number of hydrogen-bond acceptors (Lipinski definition) is 0. The van der Waals surface area contributed by atoms with Crippen molar-refractivity contribution in [1.82, 2.24) is 0 Å². The summed E-state index contributed by atoms with van der Waals surface area (Å²) in [6, 6.07) is 0. The molecule has 136 valence electrons. The monoisotopic (exact) mass is 448 g/mol. The molecule has 0 saturated heterocycles. The van der Waals surface area contributed by atoms with E-state index in [1.165, 1.54) is 49.7 Å². The molecule has 4 aliphatic carbocycles. The van der Waals surface area contributed by atoms with Gasteiger partial charge in [-0.1, -0.05) is 91.0 Å². The summed E-state index contributed by atoms with van der Waals surface area (Å²) in [6.45, 7) is 16.1. The smallest absolute Gasteiger partial charge is 0.0183 e. The number of allylic oxidation sites excluding steroid dienone is 6. The Balaban J connectivity index is 1.74. The second-order valence-electron chi connectivity index (χ2n) is 9.52. The molecule has 2 fully saturated rings. The van der Waals surface area contributed by atoms with Gasteiger partial charge in [-0.3, -0.25) is 0 Å². The fraction of sp³-hybridized carbons (Fsp3) is 0.667. The standard InChI is InChI=1S/C24H33I/c1-6-16(3)22-21(25)14-20-18-8-7-17-13-15(2)9-11-23(17,4)19(18)10-12-24(20,22)5/h10,13,18,20-22H,2-3,6-9,11-12,14H2,1,4-5H3/t18?,20?,21-,22+,23+,24+/m1/s1. The maximum Gasteiger partial charge on any atom is 0.0183 e. The lowest BCUT2D eigenvalue weighted by Gasteiger charge is -2.54. The summed E-state index contributed by atoms with van der Waals surface area (Å²) in [5.41, 5.74) is 7.08. The Bertz CT molecular complexity index is 680. The van der Waals surface area contributed by atoms with Crippen molar-refractivity contribution in [2.45, 2.75) is 69.6 Å². The molecule has 0 N–H and O–H groups in total. The number of halogens is 1. The number of rotatable bonds is 2. The average molecular weight is 448 g/mol. The molecule has 0 aromatic carbocycles. The Kier molecular flexibility index (Phi) is 4.41. The van der Waals surface area contributed by atoms with Crippen molar-refractivity contribution < 1.29 is 0 Å². The Morgan fingerprint density at radius 3 is 2.80 bits per heavy atom. The first-order valence-corrected chi connectivity index (χ1v) is 11.5. The van der Waals surface area contributed by atoms with Gasteiger partial charge in [0.15, 0.2) is 0 Å². The van der Waals surface area contributed by atoms with Crippen LogP contribution in [0.2, 0.25) is 0 Å². The summed E-state index contributed by atoms with van der Waals surface area (Å²) >= 11 is 2.75. The summed E-state index contributed by atoms with van der Waals surface area (Å²) in [5, 5.41) is 0. The lowest BCUT2D eigenvalue weighted by Crippen LogP contribution is -2.44. The molecule has 0 spiro atoms. The normalized spacial score (nSPS) is 45.8. The van der Waals surface area contributed by atoms with Crippen LogP contribution in [0, 0.1) is 28.6 Å². The van der Waals surface area contributed by atoms with Crippen LogP contribution in [0.15, 0.2) is 47.6 Å². The Labute approximate surface area is 168 Å². The van der Waals surface area contributed by atoms with E-state index in [0.29, 0.717) is 16.7 Å². The van der Waals surface area contributed by atoms with Crippen molar-refractivity contribution in [1.29, 1.82) is 0 Å². The quantitative estimate of drug-likeness (QED) is 0.234. The molecule has 4 aliphatic rings. The maximum atomic E-state index is 4.49. The molecular formula is C24H33I. The molecule has 25 heavy (non-hydrogen) atoms. The molecule has 0 nitrogen and oxygen atoms in total. The minimum Gasteiger partial charge on any atom is -0.0995 e. The van der Waals surface area contributed by atoms with E-state index < -0.39 is 0 Å². The van der Waals surface area contributed by atoms with Gasteiger partial charge in [0.25, 0.3) is 0 Å². The highest BCUT2D eigenvalue weighted by molar-refractivity contribution is 14.1. The van der Waals surface area contributed by atoms with Gasteiger partial charge in [0.1, 0.15) is 0 Å². The molecule has 1 heteroatoms. The van der Waals surface area contributed by atoms with E-state index in [2.05, 4.69) is 68.7 Å². The SMILES string of the molecule is C=C1C=C2CCC3C(=CC[C@@]4(C)C3C[C@@H](I)[C@@H]4C(=C)CC)[C@@]2(C)CC1. The van der Waals surface area contributed by atoms with Crippen LogP contribution < -0.4 is 0 Å². The van der Waals surface area contributed by atoms with Crippen LogP contribution in [0.25, 0.3) is 0 Å². The number of hydrogen-bond donors (Lipinski definition) is 0. The topological polar surface area (TPSA) is 0 Å². The van der Waals surface area contributed by atoms with Crippen molar-refractivity contribution in [3.8, 4) is 0 Å². The van der Waals surface area contributed by atoms with E-state index in [9.17, 15) is 0 Å². The van der Waals surface area contributed by atoms with Gasteiger partial charge in [-0.15, -0.1) is 0 Å². The third-order valence-electron chi connectivity index (χ3n) is 8.33. The van der Waals surface area contributed by atoms with Crippen molar-refractivity contribution >= 4 is 22.6 Å². The minimum absolute atomic E-state index is 0.325. The zero-order chi connectivity index (χ0) is 18.0. The summed E-state index contributed by atoms with van der Waals surface area (Å²) in [4.78, 5) is 0. The van der Waals surface area contributed by atoms with Gasteiger partial charge >= 0.3 is 0 Å². The second kappa shape index (κ2) is 6.11. The highest BCUT2D eigenvalue weighted by Gasteiger charge is 2.58. The van der Waals surface area contributed by atoms with Crippen LogP contribution in [-0.4, -0.2) is 3.92 Å². The lowest BCUT2D eigenvalue weighted by atomic mass is 9.51. The first-order chi connectivity index (χ1) is 11.8. The summed E-state index contributed by atoms with van der Waals surface area (Å²) in [7, 11) is 0. The highest BCUT2D eigenvalue weighted by atomic mass is 127. The summed E-state index contributed by atoms with van der Waals surface area (Å²) < 4.78 is 0.767. The van der Waals surface area contributed by atoms with Gasteiger partial charge in [-0.2, -0.15) is 0 Å². The molecule has 0 bridgehead atoms. The van der Waals surface area contributed by atoms with E-state index in [1.807, 2.05) is 0 Å². The lowest BCUT2D eigenvalue weighted by molar-refractivity contribution is 0.0966. The largest absolute Gasteiger partial charge is 0.0995 e. The molecule has 0 amide bonds. The van der Waals surface area contributed by atoms with Gasteiger partial charge in [-0.05, 0) is 68.1 Å². The van der Waals surface area contributed by atoms with E-state index in [1.54, 1.807) is 11.1 Å².